The molecule has 0 saturated heterocycles. The van der Waals surface area contributed by atoms with E-state index < -0.39 is 0 Å². The van der Waals surface area contributed by atoms with Gasteiger partial charge < -0.3 is 27.0 Å². The Hall–Kier alpha value is -2.66. The predicted octanol–water partition coefficient (Wildman–Crippen LogP) is 5.90. The number of nitrogens with zero attached hydrogens (tertiary/aromatic N) is 1. The highest BCUT2D eigenvalue weighted by Crippen LogP contribution is 2.16. The average Bonchev–Trinajstić information content (AvgIpc) is 2.94. The summed E-state index contributed by atoms with van der Waals surface area (Å²) in [5.41, 5.74) is 5.52. The number of nitrogens with one attached hydrogen (secondary N) is 1. The summed E-state index contributed by atoms with van der Waals surface area (Å²) in [5, 5.41) is 3.05. The lowest BCUT2D eigenvalue weighted by Crippen LogP contribution is -3.00. The van der Waals surface area contributed by atoms with E-state index in [0.29, 0.717) is 6.42 Å². The van der Waals surface area contributed by atoms with Crippen molar-refractivity contribution in [1.82, 2.24) is 0 Å². The van der Waals surface area contributed by atoms with Gasteiger partial charge in [0.25, 0.3) is 0 Å². The molecule has 41 heavy (non-hydrogen) atoms. The summed E-state index contributed by atoms with van der Waals surface area (Å²) >= 11 is 0. The molecule has 1 N–H and O–H groups in total. The highest BCUT2D eigenvalue weighted by Gasteiger charge is 2.08. The van der Waals surface area contributed by atoms with E-state index in [0.717, 1.165) is 42.1 Å². The maximum absolute atomic E-state index is 12.7. The summed E-state index contributed by atoms with van der Waals surface area (Å²) in [5.74, 6) is 0.866. The molecule has 1 amide bonds. The minimum absolute atomic E-state index is 0. The van der Waals surface area contributed by atoms with Crippen molar-refractivity contribution < 1.29 is 31.1 Å². The summed E-state index contributed by atoms with van der Waals surface area (Å²) in [6, 6.07) is 18.1. The van der Waals surface area contributed by atoms with Gasteiger partial charge in [-0.25, -0.2) is 4.57 Å². The molecule has 224 valence electrons. The number of halogens is 1. The van der Waals surface area contributed by atoms with Crippen LogP contribution in [0.4, 0.5) is 5.69 Å². The van der Waals surface area contributed by atoms with Gasteiger partial charge in [0.2, 0.25) is 5.91 Å². The number of ether oxygens (including phenoxy) is 1. The zero-order valence-corrected chi connectivity index (χ0v) is 27.2. The molecule has 0 radical (unpaired) electrons. The topological polar surface area (TPSA) is 42.2 Å². The number of hydrogen-bond donors (Lipinski definition) is 1. The van der Waals surface area contributed by atoms with Crippen LogP contribution in [-0.2, 0) is 17.8 Å². The Balaban J connectivity index is 0.00000588. The summed E-state index contributed by atoms with van der Waals surface area (Å²) < 4.78 is 8.10. The molecule has 0 bridgehead atoms. The maximum atomic E-state index is 12.7. The van der Waals surface area contributed by atoms with Crippen LogP contribution < -0.4 is 31.6 Å². The van der Waals surface area contributed by atoms with Gasteiger partial charge in [-0.1, -0.05) is 102 Å². The largest absolute Gasteiger partial charge is 1.00 e. The monoisotopic (exact) mass is 622 g/mol. The van der Waals surface area contributed by atoms with Crippen LogP contribution in [0.15, 0.2) is 67.0 Å². The van der Waals surface area contributed by atoms with E-state index in [1.807, 2.05) is 42.5 Å². The molecule has 1 aromatic heterocycles. The van der Waals surface area contributed by atoms with Crippen LogP contribution >= 0.6 is 0 Å². The van der Waals surface area contributed by atoms with E-state index in [-0.39, 0.29) is 22.9 Å². The molecular weight excluding hydrogens is 572 g/mol. The van der Waals surface area contributed by atoms with Crippen molar-refractivity contribution in [3.8, 4) is 5.75 Å². The highest BCUT2D eigenvalue weighted by molar-refractivity contribution is 5.92. The number of benzene rings is 2. The van der Waals surface area contributed by atoms with E-state index in [4.69, 9.17) is 4.74 Å². The third kappa shape index (κ3) is 14.2. The molecule has 0 atom stereocenters. The number of carbonyl (C=O) groups is 1. The second-order valence-corrected chi connectivity index (χ2v) is 11.3. The van der Waals surface area contributed by atoms with Crippen molar-refractivity contribution in [3.05, 3.63) is 89.2 Å². The second-order valence-electron chi connectivity index (χ2n) is 11.3. The lowest BCUT2D eigenvalue weighted by atomic mass is 10.1. The quantitative estimate of drug-likeness (QED) is 0.133. The summed E-state index contributed by atoms with van der Waals surface area (Å²) in [7, 11) is 0. The van der Waals surface area contributed by atoms with Gasteiger partial charge in [-0.2, -0.15) is 0 Å². The minimum atomic E-state index is -0.0128. The van der Waals surface area contributed by atoms with Crippen LogP contribution in [0, 0.1) is 13.8 Å². The first-order valence-corrected chi connectivity index (χ1v) is 15.6. The Bertz CT molecular complexity index is 1150. The van der Waals surface area contributed by atoms with Crippen molar-refractivity contribution in [2.24, 2.45) is 0 Å². The number of aryl methyl sites for hydroxylation is 2. The van der Waals surface area contributed by atoms with Crippen LogP contribution in [0.25, 0.3) is 0 Å². The lowest BCUT2D eigenvalue weighted by molar-refractivity contribution is -0.688. The van der Waals surface area contributed by atoms with Gasteiger partial charge >= 0.3 is 0 Å². The summed E-state index contributed by atoms with van der Waals surface area (Å²) in [4.78, 5) is 12.7. The third-order valence-electron chi connectivity index (χ3n) is 7.63. The number of aromatic nitrogens is 1. The molecule has 4 nitrogen and oxygen atoms in total. The average molecular weight is 624 g/mol. The van der Waals surface area contributed by atoms with E-state index in [9.17, 15) is 4.79 Å². The normalized spacial score (nSPS) is 10.7. The van der Waals surface area contributed by atoms with Crippen LogP contribution in [0.5, 0.6) is 5.75 Å². The van der Waals surface area contributed by atoms with E-state index in [2.05, 4.69) is 55.2 Å². The number of pyridine rings is 1. The van der Waals surface area contributed by atoms with Crippen molar-refractivity contribution in [2.45, 2.75) is 111 Å². The Kier molecular flexibility index (Phi) is 17.1. The second kappa shape index (κ2) is 20.3. The predicted molar refractivity (Wildman–Crippen MR) is 167 cm³/mol. The lowest BCUT2D eigenvalue weighted by Gasteiger charge is -2.09. The number of carbonyl (C=O) groups excluding carboxylic acids is 1. The van der Waals surface area contributed by atoms with Crippen LogP contribution in [0.3, 0.4) is 0 Å². The molecule has 0 aliphatic rings. The standard InChI is InChI=1S/C36H50N2O2.BrH/c1-4-5-6-7-8-9-10-11-12-13-14-15-25-40-35-21-19-32(20-22-35)27-36(39)37-34-18-16-17-33(26-34)29-38-24-23-30(2)31(3)28-38;/h16-24,26,28H,4-15,25,27,29H2,1-3H3;1H. The molecule has 0 saturated carbocycles. The van der Waals surface area contributed by atoms with Crippen molar-refractivity contribution in [2.75, 3.05) is 11.9 Å². The smallest absolute Gasteiger partial charge is 0.228 e. The van der Waals surface area contributed by atoms with E-state index in [1.54, 1.807) is 0 Å². The van der Waals surface area contributed by atoms with Crippen molar-refractivity contribution in [1.29, 1.82) is 0 Å². The highest BCUT2D eigenvalue weighted by atomic mass is 79.9. The van der Waals surface area contributed by atoms with Gasteiger partial charge in [-0.15, -0.1) is 0 Å². The maximum Gasteiger partial charge on any atom is 0.228 e. The first kappa shape index (κ1) is 34.5. The Morgan fingerprint density at radius 3 is 2.02 bits per heavy atom. The SMILES string of the molecule is CCCCCCCCCCCCCCOc1ccc(CC(=O)Nc2cccc(C[n+]3ccc(C)c(C)c3)c2)cc1.[Br-]. The molecule has 0 spiro atoms. The zero-order valence-electron chi connectivity index (χ0n) is 25.6. The van der Waals surface area contributed by atoms with Crippen LogP contribution in [-0.4, -0.2) is 12.5 Å². The Morgan fingerprint density at radius 2 is 1.39 bits per heavy atom. The molecule has 2 aromatic carbocycles. The summed E-state index contributed by atoms with van der Waals surface area (Å²) in [6.07, 6.45) is 20.7. The first-order valence-electron chi connectivity index (χ1n) is 15.6. The van der Waals surface area contributed by atoms with Gasteiger partial charge in [0.1, 0.15) is 5.75 Å². The Morgan fingerprint density at radius 1 is 0.756 bits per heavy atom. The molecule has 1 heterocycles. The fraction of sp³-hybridized carbons (Fsp3) is 0.500. The molecule has 5 heteroatoms. The number of unbranched alkanes of at least 4 members (excludes halogenated alkanes) is 11. The molecular formula is C36H51BrN2O2. The van der Waals surface area contributed by atoms with Gasteiger partial charge in [-0.3, -0.25) is 4.79 Å². The minimum Gasteiger partial charge on any atom is -1.00 e. The number of hydrogen-bond acceptors (Lipinski definition) is 2. The fourth-order valence-corrected chi connectivity index (χ4v) is 5.02. The van der Waals surface area contributed by atoms with Crippen molar-refractivity contribution >= 4 is 11.6 Å². The molecule has 3 aromatic rings. The van der Waals surface area contributed by atoms with Crippen LogP contribution in [0.1, 0.15) is 106 Å². The van der Waals surface area contributed by atoms with Gasteiger partial charge in [0.05, 0.1) is 13.0 Å². The zero-order chi connectivity index (χ0) is 28.4. The molecule has 0 aliphatic heterocycles. The molecule has 0 fully saturated rings. The van der Waals surface area contributed by atoms with E-state index >= 15 is 0 Å². The van der Waals surface area contributed by atoms with Gasteiger partial charge in [-0.05, 0) is 55.7 Å². The number of amides is 1. The Labute approximate surface area is 259 Å². The van der Waals surface area contributed by atoms with Crippen LogP contribution in [0.2, 0.25) is 0 Å². The van der Waals surface area contributed by atoms with Crippen molar-refractivity contribution in [3.63, 3.8) is 0 Å². The number of rotatable bonds is 19. The first-order chi connectivity index (χ1) is 19.5. The molecule has 0 aliphatic carbocycles. The summed E-state index contributed by atoms with van der Waals surface area (Å²) in [6.45, 7) is 8.05. The third-order valence-corrected chi connectivity index (χ3v) is 7.63. The van der Waals surface area contributed by atoms with Gasteiger partial charge in [0.15, 0.2) is 18.9 Å². The number of anilines is 1. The molecule has 0 unspecified atom stereocenters. The van der Waals surface area contributed by atoms with E-state index in [1.165, 1.54) is 81.8 Å². The fourth-order valence-electron chi connectivity index (χ4n) is 5.02. The van der Waals surface area contributed by atoms with Gasteiger partial charge in [0, 0.05) is 22.9 Å². The molecule has 3 rings (SSSR count).